The number of aliphatic hydroxyl groups excluding tert-OH is 2. The van der Waals surface area contributed by atoms with Gasteiger partial charge in [-0.05, 0) is 24.6 Å². The fourth-order valence-electron chi connectivity index (χ4n) is 2.27. The highest BCUT2D eigenvalue weighted by Crippen LogP contribution is 2.19. The van der Waals surface area contributed by atoms with Gasteiger partial charge in [-0.3, -0.25) is 14.4 Å². The van der Waals surface area contributed by atoms with Gasteiger partial charge in [0.1, 0.15) is 6.10 Å². The summed E-state index contributed by atoms with van der Waals surface area (Å²) in [5, 5.41) is 29.1. The van der Waals surface area contributed by atoms with E-state index >= 15 is 0 Å². The van der Waals surface area contributed by atoms with Gasteiger partial charge in [-0.2, -0.15) is 0 Å². The lowest BCUT2D eigenvalue weighted by molar-refractivity contribution is -0.139. The molecule has 0 bridgehead atoms. The van der Waals surface area contributed by atoms with Crippen molar-refractivity contribution >= 4 is 29.3 Å². The number of aliphatic hydroxyl groups is 2. The number of carbonyl (C=O) groups is 4. The molecule has 0 aliphatic rings. The van der Waals surface area contributed by atoms with Crippen LogP contribution >= 0.6 is 0 Å². The third-order valence-electron chi connectivity index (χ3n) is 4.30. The van der Waals surface area contributed by atoms with E-state index in [0.29, 0.717) is 12.2 Å². The summed E-state index contributed by atoms with van der Waals surface area (Å²) in [5.41, 5.74) is 0.311. The van der Waals surface area contributed by atoms with Crippen LogP contribution in [-0.2, 0) is 20.9 Å². The molecule has 1 aromatic rings. The average molecular weight is 422 g/mol. The molecule has 0 heterocycles. The van der Waals surface area contributed by atoms with Gasteiger partial charge in [-0.1, -0.05) is 26.0 Å². The molecule has 0 aliphatic carbocycles. The van der Waals surface area contributed by atoms with Crippen molar-refractivity contribution in [3.63, 3.8) is 0 Å². The standard InChI is InChI=1S/C20H30N4O6/c1-4-21-19(30)24-14-7-5-13(6-8-14)11-23-17(28)15(26)9-10-22-18(29)16(27)20(2,3)12-25/h5-8,16,25,27H,4,9-12H2,1-3H3,(H,22,29)(H,23,28)(H2,21,24,30)/t16-/m0/s1. The number of amides is 4. The van der Waals surface area contributed by atoms with Crippen LogP contribution in [0.5, 0.6) is 0 Å². The molecule has 10 heteroatoms. The Morgan fingerprint density at radius 1 is 1.03 bits per heavy atom. The van der Waals surface area contributed by atoms with Crippen LogP contribution in [0.4, 0.5) is 10.5 Å². The molecule has 0 saturated carbocycles. The predicted octanol–water partition coefficient (Wildman–Crippen LogP) is -0.101. The lowest BCUT2D eigenvalue weighted by Gasteiger charge is -2.27. The molecule has 4 amide bonds. The second-order valence-corrected chi connectivity index (χ2v) is 7.38. The van der Waals surface area contributed by atoms with E-state index in [1.54, 1.807) is 24.3 Å². The van der Waals surface area contributed by atoms with Crippen LogP contribution in [0, 0.1) is 5.41 Å². The molecule has 0 radical (unpaired) electrons. The van der Waals surface area contributed by atoms with Crippen molar-refractivity contribution in [3.8, 4) is 0 Å². The number of urea groups is 1. The van der Waals surface area contributed by atoms with Crippen LogP contribution in [0.25, 0.3) is 0 Å². The number of anilines is 1. The van der Waals surface area contributed by atoms with Gasteiger partial charge in [-0.25, -0.2) is 4.79 Å². The number of rotatable bonds is 11. The molecule has 0 spiro atoms. The van der Waals surface area contributed by atoms with E-state index in [1.165, 1.54) is 13.8 Å². The van der Waals surface area contributed by atoms with E-state index in [9.17, 15) is 24.3 Å². The van der Waals surface area contributed by atoms with Crippen LogP contribution in [0.2, 0.25) is 0 Å². The zero-order valence-electron chi connectivity index (χ0n) is 17.4. The summed E-state index contributed by atoms with van der Waals surface area (Å²) >= 11 is 0. The van der Waals surface area contributed by atoms with Crippen molar-refractivity contribution in [1.82, 2.24) is 16.0 Å². The average Bonchev–Trinajstić information content (AvgIpc) is 2.72. The number of hydrogen-bond acceptors (Lipinski definition) is 6. The third kappa shape index (κ3) is 8.18. The Balaban J connectivity index is 2.38. The first kappa shape index (κ1) is 25.1. The lowest BCUT2D eigenvalue weighted by atomic mass is 9.87. The predicted molar refractivity (Wildman–Crippen MR) is 110 cm³/mol. The lowest BCUT2D eigenvalue weighted by Crippen LogP contribution is -2.46. The van der Waals surface area contributed by atoms with Crippen LogP contribution in [0.15, 0.2) is 24.3 Å². The van der Waals surface area contributed by atoms with Crippen molar-refractivity contribution < 1.29 is 29.4 Å². The molecule has 166 valence electrons. The summed E-state index contributed by atoms with van der Waals surface area (Å²) < 4.78 is 0. The summed E-state index contributed by atoms with van der Waals surface area (Å²) in [6.45, 7) is 5.01. The molecule has 6 N–H and O–H groups in total. The Hall–Kier alpha value is -2.98. The van der Waals surface area contributed by atoms with E-state index < -0.39 is 29.1 Å². The second-order valence-electron chi connectivity index (χ2n) is 7.38. The molecule has 1 aromatic carbocycles. The summed E-state index contributed by atoms with van der Waals surface area (Å²) in [6, 6.07) is 6.44. The molecule has 0 saturated heterocycles. The van der Waals surface area contributed by atoms with Gasteiger partial charge in [0, 0.05) is 37.2 Å². The van der Waals surface area contributed by atoms with Crippen molar-refractivity contribution in [2.75, 3.05) is 25.0 Å². The van der Waals surface area contributed by atoms with E-state index in [4.69, 9.17) is 5.11 Å². The monoisotopic (exact) mass is 422 g/mol. The van der Waals surface area contributed by atoms with Gasteiger partial charge in [-0.15, -0.1) is 0 Å². The Morgan fingerprint density at radius 2 is 1.67 bits per heavy atom. The molecular formula is C20H30N4O6. The van der Waals surface area contributed by atoms with E-state index in [-0.39, 0.29) is 32.1 Å². The first-order valence-corrected chi connectivity index (χ1v) is 9.62. The molecule has 0 aromatic heterocycles. The van der Waals surface area contributed by atoms with Crippen LogP contribution in [0.1, 0.15) is 32.8 Å². The number of ketones is 1. The van der Waals surface area contributed by atoms with Gasteiger partial charge < -0.3 is 31.5 Å². The third-order valence-corrected chi connectivity index (χ3v) is 4.30. The molecule has 0 aliphatic heterocycles. The topological polar surface area (TPSA) is 157 Å². The number of Topliss-reactive ketones (excluding diaryl/α,β-unsaturated/α-hetero) is 1. The highest BCUT2D eigenvalue weighted by molar-refractivity contribution is 6.36. The molecule has 0 fully saturated rings. The Labute approximate surface area is 175 Å². The number of carbonyl (C=O) groups excluding carboxylic acids is 4. The van der Waals surface area contributed by atoms with Gasteiger partial charge in [0.05, 0.1) is 6.61 Å². The van der Waals surface area contributed by atoms with E-state index in [0.717, 1.165) is 5.56 Å². The largest absolute Gasteiger partial charge is 0.396 e. The summed E-state index contributed by atoms with van der Waals surface area (Å²) in [5.74, 6) is -2.21. The maximum Gasteiger partial charge on any atom is 0.319 e. The Kier molecular flexibility index (Phi) is 9.93. The summed E-state index contributed by atoms with van der Waals surface area (Å²) in [4.78, 5) is 47.1. The maximum absolute atomic E-state index is 11.9. The minimum atomic E-state index is -1.43. The van der Waals surface area contributed by atoms with Crippen molar-refractivity contribution in [2.24, 2.45) is 5.41 Å². The first-order valence-electron chi connectivity index (χ1n) is 9.62. The minimum absolute atomic E-state index is 0.107. The zero-order valence-corrected chi connectivity index (χ0v) is 17.4. The molecule has 10 nitrogen and oxygen atoms in total. The van der Waals surface area contributed by atoms with E-state index in [1.807, 2.05) is 6.92 Å². The summed E-state index contributed by atoms with van der Waals surface area (Å²) in [7, 11) is 0. The second kappa shape index (κ2) is 11.9. The van der Waals surface area contributed by atoms with Crippen molar-refractivity contribution in [2.45, 2.75) is 39.8 Å². The Bertz CT molecular complexity index is 748. The highest BCUT2D eigenvalue weighted by atomic mass is 16.3. The van der Waals surface area contributed by atoms with Gasteiger partial charge in [0.2, 0.25) is 11.7 Å². The SMILES string of the molecule is CCNC(=O)Nc1ccc(CNC(=O)C(=O)CCNC(=O)[C@H](O)C(C)(C)CO)cc1. The Morgan fingerprint density at radius 3 is 2.23 bits per heavy atom. The number of benzene rings is 1. The van der Waals surface area contributed by atoms with Crippen LogP contribution < -0.4 is 21.3 Å². The fourth-order valence-corrected chi connectivity index (χ4v) is 2.27. The van der Waals surface area contributed by atoms with Crippen molar-refractivity contribution in [1.29, 1.82) is 0 Å². The van der Waals surface area contributed by atoms with Crippen LogP contribution in [0.3, 0.4) is 0 Å². The fraction of sp³-hybridized carbons (Fsp3) is 0.500. The quantitative estimate of drug-likeness (QED) is 0.273. The molecule has 0 unspecified atom stereocenters. The number of hydrogen-bond donors (Lipinski definition) is 6. The molecule has 30 heavy (non-hydrogen) atoms. The van der Waals surface area contributed by atoms with Crippen LogP contribution in [-0.4, -0.2) is 59.6 Å². The summed E-state index contributed by atoms with van der Waals surface area (Å²) in [6.07, 6.45) is -1.66. The first-order chi connectivity index (χ1) is 14.1. The smallest absolute Gasteiger partial charge is 0.319 e. The van der Waals surface area contributed by atoms with Gasteiger partial charge in [0.25, 0.3) is 5.91 Å². The molecule has 1 rings (SSSR count). The number of nitrogens with one attached hydrogen (secondary N) is 4. The molecule has 1 atom stereocenters. The van der Waals surface area contributed by atoms with Gasteiger partial charge >= 0.3 is 6.03 Å². The zero-order chi connectivity index (χ0) is 22.7. The highest BCUT2D eigenvalue weighted by Gasteiger charge is 2.32. The van der Waals surface area contributed by atoms with Gasteiger partial charge in [0.15, 0.2) is 0 Å². The maximum atomic E-state index is 11.9. The molecular weight excluding hydrogens is 392 g/mol. The minimum Gasteiger partial charge on any atom is -0.396 e. The normalized spacial score (nSPS) is 11.9. The van der Waals surface area contributed by atoms with Crippen molar-refractivity contribution in [3.05, 3.63) is 29.8 Å². The van der Waals surface area contributed by atoms with E-state index in [2.05, 4.69) is 21.3 Å².